The lowest BCUT2D eigenvalue weighted by atomic mass is 10.1. The van der Waals surface area contributed by atoms with E-state index >= 15 is 0 Å². The Labute approximate surface area is 174 Å². The number of rotatable bonds is 6. The summed E-state index contributed by atoms with van der Waals surface area (Å²) in [5, 5.41) is 0. The molecule has 0 bridgehead atoms. The maximum absolute atomic E-state index is 12.6. The van der Waals surface area contributed by atoms with Crippen molar-refractivity contribution >= 4 is 17.8 Å². The van der Waals surface area contributed by atoms with Gasteiger partial charge in [-0.25, -0.2) is 4.79 Å². The molecule has 1 heterocycles. The van der Waals surface area contributed by atoms with Crippen LogP contribution in [0.25, 0.3) is 6.08 Å². The molecule has 0 saturated heterocycles. The van der Waals surface area contributed by atoms with Crippen LogP contribution in [-0.4, -0.2) is 18.4 Å². The van der Waals surface area contributed by atoms with Gasteiger partial charge in [-0.05, 0) is 36.3 Å². The fourth-order valence-electron chi connectivity index (χ4n) is 3.09. The van der Waals surface area contributed by atoms with Gasteiger partial charge in [-0.2, -0.15) is 0 Å². The van der Waals surface area contributed by atoms with Crippen LogP contribution >= 0.6 is 0 Å². The highest BCUT2D eigenvalue weighted by atomic mass is 16.6. The molecule has 3 aromatic rings. The first-order valence-corrected chi connectivity index (χ1v) is 9.56. The standard InChI is InChI=1S/C25H20O5/c1-17-6-5-9-19(12-17)13-23-25(27)21-11-10-20(14-22(21)30-23)28-16-24(26)29-15-18-7-3-2-4-8-18/h2-14H,15-16H2,1H3. The summed E-state index contributed by atoms with van der Waals surface area (Å²) in [6, 6.07) is 22.1. The number of carbonyl (C=O) groups excluding carboxylic acids is 2. The first-order chi connectivity index (χ1) is 14.6. The lowest BCUT2D eigenvalue weighted by Crippen LogP contribution is -2.14. The van der Waals surface area contributed by atoms with Crippen molar-refractivity contribution in [2.24, 2.45) is 0 Å². The Balaban J connectivity index is 1.37. The van der Waals surface area contributed by atoms with E-state index in [4.69, 9.17) is 14.2 Å². The number of ether oxygens (including phenoxy) is 3. The maximum Gasteiger partial charge on any atom is 0.344 e. The predicted molar refractivity (Wildman–Crippen MR) is 112 cm³/mol. The Bertz CT molecular complexity index is 1120. The number of allylic oxidation sites excluding steroid dienone is 1. The quantitative estimate of drug-likeness (QED) is 0.442. The van der Waals surface area contributed by atoms with Gasteiger partial charge >= 0.3 is 5.97 Å². The van der Waals surface area contributed by atoms with E-state index in [0.29, 0.717) is 17.1 Å². The first kappa shape index (κ1) is 19.5. The number of hydrogen-bond donors (Lipinski definition) is 0. The number of hydrogen-bond acceptors (Lipinski definition) is 5. The molecule has 150 valence electrons. The second kappa shape index (κ2) is 8.66. The lowest BCUT2D eigenvalue weighted by Gasteiger charge is -2.08. The second-order valence-corrected chi connectivity index (χ2v) is 6.95. The molecule has 0 amide bonds. The summed E-state index contributed by atoms with van der Waals surface area (Å²) in [6.45, 7) is 1.95. The number of esters is 1. The highest BCUT2D eigenvalue weighted by Crippen LogP contribution is 2.35. The smallest absolute Gasteiger partial charge is 0.344 e. The van der Waals surface area contributed by atoms with Crippen molar-refractivity contribution in [2.75, 3.05) is 6.61 Å². The summed E-state index contributed by atoms with van der Waals surface area (Å²) in [5.41, 5.74) is 3.36. The molecule has 0 aliphatic carbocycles. The Morgan fingerprint density at radius 2 is 1.83 bits per heavy atom. The molecular weight excluding hydrogens is 380 g/mol. The number of benzene rings is 3. The van der Waals surface area contributed by atoms with Gasteiger partial charge in [0.25, 0.3) is 0 Å². The molecule has 0 N–H and O–H groups in total. The fraction of sp³-hybridized carbons (Fsp3) is 0.120. The number of aryl methyl sites for hydroxylation is 1. The third kappa shape index (κ3) is 4.58. The molecule has 0 unspecified atom stereocenters. The number of ketones is 1. The minimum Gasteiger partial charge on any atom is -0.482 e. The van der Waals surface area contributed by atoms with E-state index in [1.54, 1.807) is 24.3 Å². The summed E-state index contributed by atoms with van der Waals surface area (Å²) in [7, 11) is 0. The van der Waals surface area contributed by atoms with E-state index in [9.17, 15) is 9.59 Å². The molecule has 3 aromatic carbocycles. The molecule has 0 atom stereocenters. The zero-order valence-corrected chi connectivity index (χ0v) is 16.5. The maximum atomic E-state index is 12.6. The first-order valence-electron chi connectivity index (χ1n) is 9.56. The van der Waals surface area contributed by atoms with Crippen LogP contribution in [0.15, 0.2) is 78.6 Å². The van der Waals surface area contributed by atoms with Crippen molar-refractivity contribution in [3.63, 3.8) is 0 Å². The molecule has 4 rings (SSSR count). The Kier molecular flexibility index (Phi) is 5.61. The topological polar surface area (TPSA) is 61.8 Å². The zero-order valence-electron chi connectivity index (χ0n) is 16.5. The molecule has 0 fully saturated rings. The highest BCUT2D eigenvalue weighted by molar-refractivity contribution is 6.14. The average Bonchev–Trinajstić information content (AvgIpc) is 3.06. The van der Waals surface area contributed by atoms with Gasteiger partial charge in [0.15, 0.2) is 12.4 Å². The fourth-order valence-corrected chi connectivity index (χ4v) is 3.09. The van der Waals surface area contributed by atoms with Gasteiger partial charge in [0, 0.05) is 6.07 Å². The Morgan fingerprint density at radius 1 is 1.00 bits per heavy atom. The van der Waals surface area contributed by atoms with E-state index in [2.05, 4.69) is 0 Å². The van der Waals surface area contributed by atoms with E-state index in [1.807, 2.05) is 61.5 Å². The van der Waals surface area contributed by atoms with E-state index < -0.39 is 5.97 Å². The van der Waals surface area contributed by atoms with Crippen LogP contribution in [0, 0.1) is 6.92 Å². The molecule has 0 aromatic heterocycles. The van der Waals surface area contributed by atoms with Crippen molar-refractivity contribution < 1.29 is 23.8 Å². The number of fused-ring (bicyclic) bond motifs is 1. The van der Waals surface area contributed by atoms with Gasteiger partial charge in [-0.3, -0.25) is 4.79 Å². The molecule has 5 heteroatoms. The number of Topliss-reactive ketones (excluding diaryl/α,β-unsaturated/α-hetero) is 1. The van der Waals surface area contributed by atoms with Crippen LogP contribution in [0.4, 0.5) is 0 Å². The Morgan fingerprint density at radius 3 is 2.63 bits per heavy atom. The molecule has 5 nitrogen and oxygen atoms in total. The van der Waals surface area contributed by atoms with Gasteiger partial charge in [0.2, 0.25) is 5.78 Å². The van der Waals surface area contributed by atoms with Gasteiger partial charge < -0.3 is 14.2 Å². The third-order valence-corrected chi connectivity index (χ3v) is 4.58. The van der Waals surface area contributed by atoms with Crippen molar-refractivity contribution in [3.05, 3.63) is 101 Å². The van der Waals surface area contributed by atoms with Gasteiger partial charge in [0.1, 0.15) is 18.1 Å². The van der Waals surface area contributed by atoms with Crippen LogP contribution < -0.4 is 9.47 Å². The van der Waals surface area contributed by atoms with Gasteiger partial charge in [-0.15, -0.1) is 0 Å². The summed E-state index contributed by atoms with van der Waals surface area (Å²) in [5.74, 6) is 0.441. The largest absolute Gasteiger partial charge is 0.482 e. The van der Waals surface area contributed by atoms with Crippen LogP contribution in [-0.2, 0) is 16.1 Å². The number of carbonyl (C=O) groups is 2. The SMILES string of the molecule is Cc1cccc(C=C2Oc3cc(OCC(=O)OCc4ccccc4)ccc3C2=O)c1. The van der Waals surface area contributed by atoms with Crippen molar-refractivity contribution in [2.45, 2.75) is 13.5 Å². The van der Waals surface area contributed by atoms with Crippen LogP contribution in [0.1, 0.15) is 27.0 Å². The Hall–Kier alpha value is -3.86. The molecule has 0 radical (unpaired) electrons. The molecule has 0 saturated carbocycles. The molecule has 1 aliphatic rings. The van der Waals surface area contributed by atoms with E-state index in [0.717, 1.165) is 16.7 Å². The highest BCUT2D eigenvalue weighted by Gasteiger charge is 2.27. The summed E-state index contributed by atoms with van der Waals surface area (Å²) in [6.07, 6.45) is 1.72. The minimum absolute atomic E-state index is 0.180. The van der Waals surface area contributed by atoms with E-state index in [-0.39, 0.29) is 24.8 Å². The van der Waals surface area contributed by atoms with Crippen LogP contribution in [0.2, 0.25) is 0 Å². The van der Waals surface area contributed by atoms with Crippen molar-refractivity contribution in [1.29, 1.82) is 0 Å². The predicted octanol–water partition coefficient (Wildman–Crippen LogP) is 4.73. The molecule has 0 spiro atoms. The second-order valence-electron chi connectivity index (χ2n) is 6.95. The normalized spacial score (nSPS) is 13.6. The lowest BCUT2D eigenvalue weighted by molar-refractivity contribution is -0.147. The van der Waals surface area contributed by atoms with Gasteiger partial charge in [-0.1, -0.05) is 60.2 Å². The average molecular weight is 400 g/mol. The third-order valence-electron chi connectivity index (χ3n) is 4.58. The summed E-state index contributed by atoms with van der Waals surface area (Å²) >= 11 is 0. The minimum atomic E-state index is -0.476. The summed E-state index contributed by atoms with van der Waals surface area (Å²) in [4.78, 5) is 24.5. The van der Waals surface area contributed by atoms with E-state index in [1.165, 1.54) is 0 Å². The van der Waals surface area contributed by atoms with Crippen molar-refractivity contribution in [1.82, 2.24) is 0 Å². The van der Waals surface area contributed by atoms with Crippen LogP contribution in [0.5, 0.6) is 11.5 Å². The van der Waals surface area contributed by atoms with Gasteiger partial charge in [0.05, 0.1) is 5.56 Å². The molecule has 1 aliphatic heterocycles. The molecular formula is C25H20O5. The van der Waals surface area contributed by atoms with Crippen molar-refractivity contribution in [3.8, 4) is 11.5 Å². The zero-order chi connectivity index (χ0) is 20.9. The summed E-state index contributed by atoms with van der Waals surface area (Å²) < 4.78 is 16.4. The van der Waals surface area contributed by atoms with Crippen LogP contribution in [0.3, 0.4) is 0 Å². The molecule has 30 heavy (non-hydrogen) atoms. The monoisotopic (exact) mass is 400 g/mol.